The van der Waals surface area contributed by atoms with E-state index in [0.29, 0.717) is 38.0 Å². The van der Waals surface area contributed by atoms with Crippen LogP contribution in [-0.4, -0.2) is 57.1 Å². The van der Waals surface area contributed by atoms with Gasteiger partial charge in [-0.25, -0.2) is 8.42 Å². The van der Waals surface area contributed by atoms with Gasteiger partial charge in [0.15, 0.2) is 0 Å². The zero-order chi connectivity index (χ0) is 27.4. The molecule has 7 nitrogen and oxygen atoms in total. The number of carbonyl (C=O) groups excluding carboxylic acids is 2. The van der Waals surface area contributed by atoms with Gasteiger partial charge in [0.2, 0.25) is 21.8 Å². The third-order valence-electron chi connectivity index (χ3n) is 6.35. The van der Waals surface area contributed by atoms with Crippen molar-refractivity contribution in [2.24, 2.45) is 0 Å². The van der Waals surface area contributed by atoms with Crippen LogP contribution >= 0.6 is 0 Å². The van der Waals surface area contributed by atoms with Crippen molar-refractivity contribution in [3.05, 3.63) is 65.2 Å². The fraction of sp³-hybridized carbons (Fsp3) is 0.517. The van der Waals surface area contributed by atoms with Gasteiger partial charge in [0.05, 0.1) is 11.9 Å². The highest BCUT2D eigenvalue weighted by molar-refractivity contribution is 7.92. The Kier molecular flexibility index (Phi) is 12.1. The quantitative estimate of drug-likeness (QED) is 0.341. The highest BCUT2D eigenvalue weighted by Crippen LogP contribution is 2.22. The maximum absolute atomic E-state index is 13.5. The summed E-state index contributed by atoms with van der Waals surface area (Å²) < 4.78 is 26.5. The summed E-state index contributed by atoms with van der Waals surface area (Å²) in [5.74, 6) is -0.271. The zero-order valence-corrected chi connectivity index (χ0v) is 23.8. The van der Waals surface area contributed by atoms with Crippen LogP contribution in [0.5, 0.6) is 0 Å². The van der Waals surface area contributed by atoms with E-state index >= 15 is 0 Å². The largest absolute Gasteiger partial charge is 0.354 e. The molecule has 0 aliphatic carbocycles. The van der Waals surface area contributed by atoms with Gasteiger partial charge in [-0.3, -0.25) is 13.9 Å². The van der Waals surface area contributed by atoms with Gasteiger partial charge < -0.3 is 10.2 Å². The average molecular weight is 530 g/mol. The second-order valence-electron chi connectivity index (χ2n) is 9.68. The van der Waals surface area contributed by atoms with E-state index < -0.39 is 16.1 Å². The standard InChI is InChI=1S/C29H43N3O4S/c1-6-8-17-30-29(34)27(7-2)31(19-16-25-13-10-9-11-14-25)28(33)15-12-18-32(37(5,35)36)26-21-23(3)20-24(4)22-26/h9-11,13-14,20-22,27H,6-8,12,15-19H2,1-5H3,(H,30,34)/t27-/m0/s1. The molecule has 8 heteroatoms. The first-order chi connectivity index (χ1) is 17.6. The number of anilines is 1. The van der Waals surface area contributed by atoms with Crippen LogP contribution in [0.3, 0.4) is 0 Å². The van der Waals surface area contributed by atoms with Crippen LogP contribution in [0.15, 0.2) is 48.5 Å². The third kappa shape index (κ3) is 9.84. The van der Waals surface area contributed by atoms with E-state index in [9.17, 15) is 18.0 Å². The smallest absolute Gasteiger partial charge is 0.242 e. The van der Waals surface area contributed by atoms with Gasteiger partial charge in [-0.15, -0.1) is 0 Å². The molecular formula is C29H43N3O4S. The molecule has 1 atom stereocenters. The Morgan fingerprint density at radius 1 is 0.946 bits per heavy atom. The summed E-state index contributed by atoms with van der Waals surface area (Å²) in [6.07, 6.45) is 4.72. The van der Waals surface area contributed by atoms with Crippen LogP contribution in [0.2, 0.25) is 0 Å². The van der Waals surface area contributed by atoms with E-state index in [1.165, 1.54) is 10.6 Å². The van der Waals surface area contributed by atoms with Crippen molar-refractivity contribution >= 4 is 27.5 Å². The Labute approximate surface area is 223 Å². The number of rotatable bonds is 15. The van der Waals surface area contributed by atoms with E-state index in [0.717, 1.165) is 29.5 Å². The molecular weight excluding hydrogens is 486 g/mol. The molecule has 0 aliphatic rings. The highest BCUT2D eigenvalue weighted by atomic mass is 32.2. The van der Waals surface area contributed by atoms with Gasteiger partial charge in [0.25, 0.3) is 0 Å². The van der Waals surface area contributed by atoms with Crippen molar-refractivity contribution in [1.29, 1.82) is 0 Å². The number of carbonyl (C=O) groups is 2. The van der Waals surface area contributed by atoms with Crippen LogP contribution in [0.1, 0.15) is 62.6 Å². The monoisotopic (exact) mass is 529 g/mol. The number of nitrogens with one attached hydrogen (secondary N) is 1. The minimum Gasteiger partial charge on any atom is -0.354 e. The average Bonchev–Trinajstić information content (AvgIpc) is 2.83. The molecule has 0 saturated carbocycles. The molecule has 0 unspecified atom stereocenters. The molecule has 2 aromatic rings. The summed E-state index contributed by atoms with van der Waals surface area (Å²) in [5, 5.41) is 2.97. The molecule has 0 bridgehead atoms. The van der Waals surface area contributed by atoms with Crippen molar-refractivity contribution < 1.29 is 18.0 Å². The Bertz CT molecular complexity index is 1100. The van der Waals surface area contributed by atoms with Gasteiger partial charge in [-0.05, 0) is 68.4 Å². The van der Waals surface area contributed by atoms with E-state index in [2.05, 4.69) is 12.2 Å². The lowest BCUT2D eigenvalue weighted by Crippen LogP contribution is -2.50. The number of nitrogens with zero attached hydrogens (tertiary/aromatic N) is 2. The predicted molar refractivity (Wildman–Crippen MR) is 151 cm³/mol. The summed E-state index contributed by atoms with van der Waals surface area (Å²) >= 11 is 0. The minimum atomic E-state index is -3.52. The van der Waals surface area contributed by atoms with Crippen molar-refractivity contribution in [2.45, 2.75) is 72.3 Å². The Morgan fingerprint density at radius 3 is 2.16 bits per heavy atom. The number of aryl methyl sites for hydroxylation is 2. The summed E-state index contributed by atoms with van der Waals surface area (Å²) in [5.41, 5.74) is 3.66. The number of sulfonamides is 1. The predicted octanol–water partition coefficient (Wildman–Crippen LogP) is 4.62. The minimum absolute atomic E-state index is 0.134. The molecule has 37 heavy (non-hydrogen) atoms. The first kappa shape index (κ1) is 30.4. The fourth-order valence-corrected chi connectivity index (χ4v) is 5.45. The van der Waals surface area contributed by atoms with E-state index in [1.807, 2.05) is 69.3 Å². The summed E-state index contributed by atoms with van der Waals surface area (Å²) in [6.45, 7) is 9.05. The van der Waals surface area contributed by atoms with E-state index in [4.69, 9.17) is 0 Å². The summed E-state index contributed by atoms with van der Waals surface area (Å²) in [4.78, 5) is 28.1. The Morgan fingerprint density at radius 2 is 1.59 bits per heavy atom. The number of hydrogen-bond acceptors (Lipinski definition) is 4. The lowest BCUT2D eigenvalue weighted by molar-refractivity contribution is -0.140. The van der Waals surface area contributed by atoms with Crippen molar-refractivity contribution in [3.63, 3.8) is 0 Å². The van der Waals surface area contributed by atoms with Gasteiger partial charge in [0, 0.05) is 26.1 Å². The first-order valence-corrected chi connectivity index (χ1v) is 15.1. The molecule has 0 fully saturated rings. The lowest BCUT2D eigenvalue weighted by atomic mass is 10.1. The van der Waals surface area contributed by atoms with E-state index in [-0.39, 0.29) is 24.8 Å². The van der Waals surface area contributed by atoms with Crippen LogP contribution in [-0.2, 0) is 26.0 Å². The van der Waals surface area contributed by atoms with Crippen molar-refractivity contribution in [1.82, 2.24) is 10.2 Å². The van der Waals surface area contributed by atoms with Gasteiger partial charge in [0.1, 0.15) is 6.04 Å². The highest BCUT2D eigenvalue weighted by Gasteiger charge is 2.28. The van der Waals surface area contributed by atoms with Gasteiger partial charge in [-0.1, -0.05) is 56.7 Å². The van der Waals surface area contributed by atoms with Gasteiger partial charge >= 0.3 is 0 Å². The third-order valence-corrected chi connectivity index (χ3v) is 7.54. The normalized spacial score (nSPS) is 12.1. The second kappa shape index (κ2) is 14.8. The first-order valence-electron chi connectivity index (χ1n) is 13.2. The molecule has 0 saturated heterocycles. The summed E-state index contributed by atoms with van der Waals surface area (Å²) in [6, 6.07) is 15.0. The van der Waals surface area contributed by atoms with Gasteiger partial charge in [-0.2, -0.15) is 0 Å². The number of unbranched alkanes of at least 4 members (excludes halogenated alkanes) is 1. The Balaban J connectivity index is 2.16. The van der Waals surface area contributed by atoms with E-state index in [1.54, 1.807) is 4.90 Å². The Hall–Kier alpha value is -2.87. The zero-order valence-electron chi connectivity index (χ0n) is 23.0. The van der Waals surface area contributed by atoms with Crippen LogP contribution in [0.4, 0.5) is 5.69 Å². The van der Waals surface area contributed by atoms with Crippen molar-refractivity contribution in [3.8, 4) is 0 Å². The number of hydrogen-bond donors (Lipinski definition) is 1. The topological polar surface area (TPSA) is 86.8 Å². The lowest BCUT2D eigenvalue weighted by Gasteiger charge is -2.31. The molecule has 0 heterocycles. The summed E-state index contributed by atoms with van der Waals surface area (Å²) in [7, 11) is -3.52. The second-order valence-corrected chi connectivity index (χ2v) is 11.6. The number of amides is 2. The molecule has 0 radical (unpaired) electrons. The molecule has 2 amide bonds. The van der Waals surface area contributed by atoms with Crippen LogP contribution < -0.4 is 9.62 Å². The van der Waals surface area contributed by atoms with Crippen LogP contribution in [0, 0.1) is 13.8 Å². The molecule has 204 valence electrons. The molecule has 2 aromatic carbocycles. The number of benzene rings is 2. The SMILES string of the molecule is CCCCNC(=O)[C@H](CC)N(CCc1ccccc1)C(=O)CCCN(c1cc(C)cc(C)c1)S(C)(=O)=O. The molecule has 0 spiro atoms. The maximum atomic E-state index is 13.5. The fourth-order valence-electron chi connectivity index (χ4n) is 4.50. The van der Waals surface area contributed by atoms with Crippen molar-refractivity contribution in [2.75, 3.05) is 30.2 Å². The maximum Gasteiger partial charge on any atom is 0.242 e. The molecule has 0 aromatic heterocycles. The molecule has 0 aliphatic heterocycles. The molecule has 1 N–H and O–H groups in total. The van der Waals surface area contributed by atoms with Crippen LogP contribution in [0.25, 0.3) is 0 Å². The molecule has 2 rings (SSSR count).